The molecule has 0 N–H and O–H groups in total. The first-order chi connectivity index (χ1) is 23.1. The van der Waals surface area contributed by atoms with Crippen molar-refractivity contribution in [2.24, 2.45) is 0 Å². The summed E-state index contributed by atoms with van der Waals surface area (Å²) >= 11 is 0. The minimum atomic E-state index is -0.0315. The Morgan fingerprint density at radius 1 is 0.468 bits per heavy atom. The molecule has 2 heterocycles. The van der Waals surface area contributed by atoms with Gasteiger partial charge in [0.2, 0.25) is 0 Å². The van der Waals surface area contributed by atoms with Gasteiger partial charge in [0.15, 0.2) is 0 Å². The maximum absolute atomic E-state index is 2.50. The highest BCUT2D eigenvalue weighted by molar-refractivity contribution is 6.10. The second-order valence-electron chi connectivity index (χ2n) is 13.7. The van der Waals surface area contributed by atoms with Gasteiger partial charge in [-0.25, -0.2) is 0 Å². The third kappa shape index (κ3) is 3.73. The van der Waals surface area contributed by atoms with Crippen LogP contribution in [0.2, 0.25) is 0 Å². The summed E-state index contributed by atoms with van der Waals surface area (Å²) in [5, 5.41) is 6.56. The van der Waals surface area contributed by atoms with Crippen molar-refractivity contribution in [2.75, 3.05) is 0 Å². The van der Waals surface area contributed by atoms with Crippen molar-refractivity contribution in [3.05, 3.63) is 155 Å². The van der Waals surface area contributed by atoms with Crippen molar-refractivity contribution in [1.29, 1.82) is 0 Å². The standard InChI is InChI=1S/C45H34N2/c1-45(2)39-17-9-6-14-33(39)34-23-22-32(28-40(34)45)47-42-19-11-8-16-36(42)38-27-30(21-25-44(38)47)29-20-24-43-37(26-29)35-15-7-10-18-41(35)46(43)31-12-4-3-5-13-31/h3-7,9-10,12-28H,8,11H2,1-2H3. The summed E-state index contributed by atoms with van der Waals surface area (Å²) in [5.74, 6) is 0. The highest BCUT2D eigenvalue weighted by Gasteiger charge is 2.35. The van der Waals surface area contributed by atoms with Crippen LogP contribution in [0.25, 0.3) is 78.5 Å². The summed E-state index contributed by atoms with van der Waals surface area (Å²) < 4.78 is 4.88. The molecule has 2 heteroatoms. The van der Waals surface area contributed by atoms with Crippen LogP contribution in [0.3, 0.4) is 0 Å². The van der Waals surface area contributed by atoms with E-state index in [4.69, 9.17) is 0 Å². The van der Waals surface area contributed by atoms with Crippen LogP contribution in [-0.4, -0.2) is 9.13 Å². The van der Waals surface area contributed by atoms with Gasteiger partial charge < -0.3 is 9.13 Å². The summed E-state index contributed by atoms with van der Waals surface area (Å²) in [4.78, 5) is 0. The number of aromatic nitrogens is 2. The molecule has 0 atom stereocenters. The zero-order valence-electron chi connectivity index (χ0n) is 26.7. The van der Waals surface area contributed by atoms with Crippen LogP contribution in [-0.2, 0) is 5.41 Å². The lowest BCUT2D eigenvalue weighted by Crippen LogP contribution is -2.30. The van der Waals surface area contributed by atoms with Crippen LogP contribution in [0.15, 0.2) is 133 Å². The van der Waals surface area contributed by atoms with Gasteiger partial charge in [0, 0.05) is 43.5 Å². The van der Waals surface area contributed by atoms with Gasteiger partial charge in [-0.3, -0.25) is 0 Å². The van der Waals surface area contributed by atoms with E-state index >= 15 is 0 Å². The molecule has 2 aliphatic carbocycles. The van der Waals surface area contributed by atoms with E-state index in [1.807, 2.05) is 0 Å². The summed E-state index contributed by atoms with van der Waals surface area (Å²) in [7, 11) is 0. The lowest BCUT2D eigenvalue weighted by atomic mass is 9.82. The molecule has 0 fully saturated rings. The first-order valence-electron chi connectivity index (χ1n) is 16.8. The van der Waals surface area contributed by atoms with Gasteiger partial charge in [0.05, 0.1) is 16.6 Å². The molecule has 0 radical (unpaired) electrons. The van der Waals surface area contributed by atoms with E-state index < -0.39 is 0 Å². The Labute approximate surface area is 274 Å². The maximum atomic E-state index is 2.50. The minimum absolute atomic E-state index is 0.0315. The Kier molecular flexibility index (Phi) is 5.49. The Bertz CT molecular complexity index is 2700. The van der Waals surface area contributed by atoms with Crippen molar-refractivity contribution >= 4 is 44.9 Å². The summed E-state index contributed by atoms with van der Waals surface area (Å²) in [6.07, 6.45) is 7.03. The number of rotatable bonds is 3. The number of fused-ring (bicyclic) bond motifs is 9. The molecule has 10 rings (SSSR count). The van der Waals surface area contributed by atoms with Gasteiger partial charge in [0.25, 0.3) is 0 Å². The lowest BCUT2D eigenvalue weighted by Gasteiger charge is -2.22. The fourth-order valence-corrected chi connectivity index (χ4v) is 8.50. The van der Waals surface area contributed by atoms with E-state index in [9.17, 15) is 0 Å². The highest BCUT2D eigenvalue weighted by Crippen LogP contribution is 2.49. The van der Waals surface area contributed by atoms with E-state index in [0.717, 1.165) is 12.8 Å². The van der Waals surface area contributed by atoms with Gasteiger partial charge in [-0.05, 0) is 101 Å². The second-order valence-corrected chi connectivity index (χ2v) is 13.7. The molecule has 8 aromatic rings. The first-order valence-corrected chi connectivity index (χ1v) is 16.8. The van der Waals surface area contributed by atoms with E-state index in [-0.39, 0.29) is 5.41 Å². The van der Waals surface area contributed by atoms with Crippen molar-refractivity contribution in [3.63, 3.8) is 0 Å². The Morgan fingerprint density at radius 2 is 1.13 bits per heavy atom. The average molecular weight is 603 g/mol. The molecule has 47 heavy (non-hydrogen) atoms. The maximum Gasteiger partial charge on any atom is 0.0541 e. The molecule has 0 saturated carbocycles. The zero-order chi connectivity index (χ0) is 31.3. The van der Waals surface area contributed by atoms with E-state index in [0.29, 0.717) is 0 Å². The Hall–Kier alpha value is -5.60. The van der Waals surface area contributed by atoms with E-state index in [2.05, 4.69) is 169 Å². The molecular formula is C45H34N2. The van der Waals surface area contributed by atoms with Gasteiger partial charge in [0.1, 0.15) is 0 Å². The number of hydrogen-bond acceptors (Lipinski definition) is 0. The molecule has 0 saturated heterocycles. The van der Waals surface area contributed by atoms with E-state index in [1.165, 1.54) is 88.0 Å². The van der Waals surface area contributed by atoms with Crippen molar-refractivity contribution in [2.45, 2.75) is 32.1 Å². The summed E-state index contributed by atoms with van der Waals surface area (Å²) in [6, 6.07) is 49.5. The molecule has 2 aliphatic rings. The molecule has 0 unspecified atom stereocenters. The van der Waals surface area contributed by atoms with Gasteiger partial charge in [-0.2, -0.15) is 0 Å². The molecule has 0 spiro atoms. The molecular weight excluding hydrogens is 569 g/mol. The Morgan fingerprint density at radius 3 is 1.98 bits per heavy atom. The molecule has 6 aromatic carbocycles. The third-order valence-electron chi connectivity index (χ3n) is 10.7. The number of nitrogens with zero attached hydrogens (tertiary/aromatic N) is 2. The number of hydrogen-bond donors (Lipinski definition) is 0. The fourth-order valence-electron chi connectivity index (χ4n) is 8.50. The van der Waals surface area contributed by atoms with Crippen LogP contribution in [0.4, 0.5) is 0 Å². The van der Waals surface area contributed by atoms with Crippen molar-refractivity contribution < 1.29 is 0 Å². The van der Waals surface area contributed by atoms with Crippen molar-refractivity contribution in [3.8, 4) is 33.6 Å². The molecule has 0 bridgehead atoms. The molecule has 2 aromatic heterocycles. The normalized spacial score (nSPS) is 14.5. The first kappa shape index (κ1) is 26.6. The number of benzene rings is 6. The van der Waals surface area contributed by atoms with Crippen LogP contribution in [0, 0.1) is 0 Å². The average Bonchev–Trinajstić information content (AvgIpc) is 3.71. The summed E-state index contributed by atoms with van der Waals surface area (Å²) in [5.41, 5.74) is 14.2. The highest BCUT2D eigenvalue weighted by atomic mass is 15.0. The van der Waals surface area contributed by atoms with Gasteiger partial charge in [-0.1, -0.05) is 105 Å². The van der Waals surface area contributed by atoms with Crippen molar-refractivity contribution in [1.82, 2.24) is 9.13 Å². The number of para-hydroxylation sites is 2. The van der Waals surface area contributed by atoms with Crippen LogP contribution < -0.4 is 10.6 Å². The summed E-state index contributed by atoms with van der Waals surface area (Å²) in [6.45, 7) is 4.73. The quantitative estimate of drug-likeness (QED) is 0.190. The molecule has 0 amide bonds. The van der Waals surface area contributed by atoms with Crippen LogP contribution in [0.1, 0.15) is 37.8 Å². The SMILES string of the molecule is CC1(C)c2ccccc2-c2ccc(-n3c4c(c5cc(-c6ccc7c(c6)c6ccccc6n7-c6ccccc6)ccc53)=CCCC=4)cc21. The largest absolute Gasteiger partial charge is 0.310 e. The van der Waals surface area contributed by atoms with Crippen LogP contribution in [0.5, 0.6) is 0 Å². The fraction of sp³-hybridized carbons (Fsp3) is 0.111. The van der Waals surface area contributed by atoms with Gasteiger partial charge in [-0.15, -0.1) is 0 Å². The second kappa shape index (κ2) is 9.70. The predicted octanol–water partition coefficient (Wildman–Crippen LogP) is 10.1. The third-order valence-corrected chi connectivity index (χ3v) is 10.7. The lowest BCUT2D eigenvalue weighted by molar-refractivity contribution is 0.659. The van der Waals surface area contributed by atoms with Gasteiger partial charge >= 0.3 is 0 Å². The van der Waals surface area contributed by atoms with E-state index in [1.54, 1.807) is 0 Å². The monoisotopic (exact) mass is 602 g/mol. The Balaban J connectivity index is 1.15. The van der Waals surface area contributed by atoms with Crippen LogP contribution >= 0.6 is 0 Å². The smallest absolute Gasteiger partial charge is 0.0541 e. The molecule has 224 valence electrons. The molecule has 2 nitrogen and oxygen atoms in total. The zero-order valence-corrected chi connectivity index (χ0v) is 26.7. The molecule has 0 aliphatic heterocycles. The minimum Gasteiger partial charge on any atom is -0.310 e. The topological polar surface area (TPSA) is 9.86 Å². The predicted molar refractivity (Wildman–Crippen MR) is 198 cm³/mol.